The lowest BCUT2D eigenvalue weighted by Crippen LogP contribution is -2.55. The number of ether oxygens (including phenoxy) is 3. The topological polar surface area (TPSA) is 102 Å². The smallest absolute Gasteiger partial charge is 0.306 e. The van der Waals surface area contributed by atoms with Crippen molar-refractivity contribution in [2.24, 2.45) is 0 Å². The van der Waals surface area contributed by atoms with E-state index in [2.05, 4.69) is 62.5 Å². The van der Waals surface area contributed by atoms with Gasteiger partial charge in [-0.3, -0.25) is 9.59 Å². The van der Waals surface area contributed by atoms with Crippen molar-refractivity contribution in [1.82, 2.24) is 0 Å². The molecule has 0 spiro atoms. The van der Waals surface area contributed by atoms with Crippen LogP contribution >= 0.6 is 0 Å². The van der Waals surface area contributed by atoms with Crippen LogP contribution in [0, 0.1) is 0 Å². The van der Waals surface area contributed by atoms with Gasteiger partial charge in [-0.2, -0.15) is 0 Å². The number of esters is 2. The van der Waals surface area contributed by atoms with E-state index in [-0.39, 0.29) is 42.7 Å². The number of aliphatic carboxylic acids is 1. The van der Waals surface area contributed by atoms with Gasteiger partial charge < -0.3 is 28.6 Å². The van der Waals surface area contributed by atoms with Gasteiger partial charge >= 0.3 is 11.9 Å². The van der Waals surface area contributed by atoms with Crippen LogP contribution in [0.4, 0.5) is 0 Å². The number of carboxylic acids is 1. The van der Waals surface area contributed by atoms with Crippen LogP contribution in [0.3, 0.4) is 0 Å². The van der Waals surface area contributed by atoms with Crippen LogP contribution in [0.15, 0.2) is 48.6 Å². The van der Waals surface area contributed by atoms with Crippen LogP contribution in [0.25, 0.3) is 0 Å². The van der Waals surface area contributed by atoms with E-state index >= 15 is 0 Å². The van der Waals surface area contributed by atoms with E-state index in [4.69, 9.17) is 14.2 Å². The number of carboxylic acid groups (broad SMARTS) is 1. The maximum absolute atomic E-state index is 12.8. The summed E-state index contributed by atoms with van der Waals surface area (Å²) < 4.78 is 17.2. The average Bonchev–Trinajstić information content (AvgIpc) is 3.19. The molecule has 2 atom stereocenters. The summed E-state index contributed by atoms with van der Waals surface area (Å²) in [6.45, 7) is 4.63. The summed E-state index contributed by atoms with van der Waals surface area (Å²) in [6.07, 6.45) is 49.9. The molecule has 0 aliphatic rings. The highest BCUT2D eigenvalue weighted by atomic mass is 16.6. The largest absolute Gasteiger partial charge is 0.544 e. The monoisotopic (exact) mass is 830 g/mol. The fraction of sp³-hybridized carbons (Fsp3) is 0.784. The van der Waals surface area contributed by atoms with Crippen LogP contribution in [-0.4, -0.2) is 75.5 Å². The van der Waals surface area contributed by atoms with Gasteiger partial charge in [0.1, 0.15) is 12.6 Å². The Balaban J connectivity index is 4.34. The maximum Gasteiger partial charge on any atom is 0.306 e. The Morgan fingerprint density at radius 1 is 0.508 bits per heavy atom. The van der Waals surface area contributed by atoms with Gasteiger partial charge in [-0.25, -0.2) is 0 Å². The number of carbonyl (C=O) groups is 3. The second-order valence-corrected chi connectivity index (χ2v) is 17.4. The predicted octanol–water partition coefficient (Wildman–Crippen LogP) is 12.3. The van der Waals surface area contributed by atoms with Gasteiger partial charge in [-0.1, -0.05) is 172 Å². The number of nitrogens with zero attached hydrogens (tertiary/aromatic N) is 1. The first kappa shape index (κ1) is 56.3. The summed E-state index contributed by atoms with van der Waals surface area (Å²) in [5, 5.41) is 11.6. The zero-order valence-corrected chi connectivity index (χ0v) is 38.9. The molecule has 0 aromatic rings. The molecule has 0 fully saturated rings. The molecule has 0 aromatic heterocycles. The maximum atomic E-state index is 12.8. The molecule has 0 heterocycles. The Morgan fingerprint density at radius 3 is 1.36 bits per heavy atom. The SMILES string of the molecule is CCCCCCC/C=C/C=C/C=C/CCCCCCCC(=O)OCC(COCCC(C(=O)[O-])[N+](C)(C)C)OC(=O)CCCCCCCCC/C=C/CCCCCCCC. The molecule has 0 aromatic carbocycles. The minimum atomic E-state index is -1.13. The zero-order valence-electron chi connectivity index (χ0n) is 38.9. The lowest BCUT2D eigenvalue weighted by molar-refractivity contribution is -0.889. The Morgan fingerprint density at radius 2 is 0.915 bits per heavy atom. The highest BCUT2D eigenvalue weighted by Crippen LogP contribution is 2.14. The molecule has 2 unspecified atom stereocenters. The van der Waals surface area contributed by atoms with Crippen molar-refractivity contribution in [3.05, 3.63) is 48.6 Å². The molecule has 8 nitrogen and oxygen atoms in total. The number of hydrogen-bond acceptors (Lipinski definition) is 7. The lowest BCUT2D eigenvalue weighted by atomic mass is 10.1. The molecule has 0 saturated carbocycles. The molecule has 8 heteroatoms. The minimum Gasteiger partial charge on any atom is -0.544 e. The van der Waals surface area contributed by atoms with Crippen molar-refractivity contribution in [1.29, 1.82) is 0 Å². The molecule has 0 bridgehead atoms. The number of hydrogen-bond donors (Lipinski definition) is 0. The lowest BCUT2D eigenvalue weighted by Gasteiger charge is -2.34. The number of carbonyl (C=O) groups excluding carboxylic acids is 3. The summed E-state index contributed by atoms with van der Waals surface area (Å²) in [6, 6.07) is -0.731. The number of quaternary nitrogens is 1. The standard InChI is InChI=1S/C51H91NO7/c1-6-8-10-12-14-16-18-20-22-24-26-27-29-31-33-35-37-39-41-49(53)58-46-47(45-57-44-43-48(51(55)56)52(3,4)5)59-50(54)42-40-38-36-34-32-30-28-25-23-21-19-17-15-13-11-9-7-2/h18,20-24,26-27,47-48H,6-17,19,25,28-46H2,1-5H3/b20-18+,23-21+,24-22+,27-26+. The van der Waals surface area contributed by atoms with Gasteiger partial charge in [-0.05, 0) is 64.2 Å². The zero-order chi connectivity index (χ0) is 43.5. The van der Waals surface area contributed by atoms with Crippen LogP contribution in [0.5, 0.6) is 0 Å². The molecular weight excluding hydrogens is 739 g/mol. The van der Waals surface area contributed by atoms with E-state index in [0.29, 0.717) is 12.8 Å². The molecule has 59 heavy (non-hydrogen) atoms. The van der Waals surface area contributed by atoms with Crippen molar-refractivity contribution in [2.45, 2.75) is 219 Å². The highest BCUT2D eigenvalue weighted by molar-refractivity contribution is 5.70. The summed E-state index contributed by atoms with van der Waals surface area (Å²) in [5.74, 6) is -1.76. The van der Waals surface area contributed by atoms with Crippen molar-refractivity contribution in [2.75, 3.05) is 41.0 Å². The summed E-state index contributed by atoms with van der Waals surface area (Å²) >= 11 is 0. The number of unbranched alkanes of at least 4 members (excludes halogenated alkanes) is 23. The van der Waals surface area contributed by atoms with Gasteiger partial charge in [0.25, 0.3) is 0 Å². The number of likely N-dealkylation sites (N-methyl/N-ethyl adjacent to an activating group) is 1. The molecule has 0 amide bonds. The third-order valence-electron chi connectivity index (χ3n) is 10.7. The first-order chi connectivity index (χ1) is 28.6. The normalized spacial score (nSPS) is 13.3. The third-order valence-corrected chi connectivity index (χ3v) is 10.7. The van der Waals surface area contributed by atoms with Crippen LogP contribution in [0.1, 0.15) is 206 Å². The van der Waals surface area contributed by atoms with Crippen LogP contribution < -0.4 is 5.11 Å². The second kappa shape index (κ2) is 42.0. The van der Waals surface area contributed by atoms with Crippen LogP contribution in [-0.2, 0) is 28.6 Å². The van der Waals surface area contributed by atoms with Gasteiger partial charge in [0.05, 0.1) is 40.3 Å². The first-order valence-corrected chi connectivity index (χ1v) is 24.2. The summed E-state index contributed by atoms with van der Waals surface area (Å²) in [4.78, 5) is 36.9. The predicted molar refractivity (Wildman–Crippen MR) is 245 cm³/mol. The van der Waals surface area contributed by atoms with Crippen molar-refractivity contribution in [3.8, 4) is 0 Å². The quantitative estimate of drug-likeness (QED) is 0.0198. The molecule has 342 valence electrons. The van der Waals surface area contributed by atoms with Crippen molar-refractivity contribution < 1.29 is 38.2 Å². The van der Waals surface area contributed by atoms with E-state index in [9.17, 15) is 19.5 Å². The highest BCUT2D eigenvalue weighted by Gasteiger charge is 2.25. The number of allylic oxidation sites excluding steroid dienone is 8. The molecule has 0 rings (SSSR count). The van der Waals surface area contributed by atoms with Gasteiger partial charge in [0, 0.05) is 19.3 Å². The third kappa shape index (κ3) is 40.5. The average molecular weight is 830 g/mol. The molecule has 0 radical (unpaired) electrons. The van der Waals surface area contributed by atoms with Gasteiger partial charge in [0.15, 0.2) is 6.10 Å². The van der Waals surface area contributed by atoms with Crippen LogP contribution in [0.2, 0.25) is 0 Å². The first-order valence-electron chi connectivity index (χ1n) is 24.2. The molecule has 0 aliphatic carbocycles. The Bertz CT molecular complexity index is 1110. The Kier molecular flexibility index (Phi) is 40.1. The minimum absolute atomic E-state index is 0.0320. The van der Waals surface area contributed by atoms with Crippen molar-refractivity contribution >= 4 is 17.9 Å². The van der Waals surface area contributed by atoms with Gasteiger partial charge in [-0.15, -0.1) is 0 Å². The Labute approximate surface area is 363 Å². The van der Waals surface area contributed by atoms with E-state index in [0.717, 1.165) is 64.2 Å². The second-order valence-electron chi connectivity index (χ2n) is 17.4. The Hall–Kier alpha value is -2.71. The summed E-state index contributed by atoms with van der Waals surface area (Å²) in [5.41, 5.74) is 0. The van der Waals surface area contributed by atoms with E-state index in [1.165, 1.54) is 109 Å². The molecule has 0 saturated heterocycles. The fourth-order valence-electron chi connectivity index (χ4n) is 6.95. The molecule has 0 N–H and O–H groups in total. The molecular formula is C51H91NO7. The summed E-state index contributed by atoms with van der Waals surface area (Å²) in [7, 11) is 5.40. The van der Waals surface area contributed by atoms with E-state index in [1.807, 2.05) is 0 Å². The van der Waals surface area contributed by atoms with Crippen molar-refractivity contribution in [3.63, 3.8) is 0 Å². The fourth-order valence-corrected chi connectivity index (χ4v) is 6.95. The number of rotatable bonds is 43. The van der Waals surface area contributed by atoms with E-state index in [1.54, 1.807) is 21.1 Å². The molecule has 0 aliphatic heterocycles. The van der Waals surface area contributed by atoms with E-state index < -0.39 is 18.1 Å². The van der Waals surface area contributed by atoms with Gasteiger partial charge in [0.2, 0.25) is 0 Å².